The van der Waals surface area contributed by atoms with Crippen LogP contribution < -0.4 is 0 Å². The number of rotatable bonds is 6. The van der Waals surface area contributed by atoms with E-state index in [4.69, 9.17) is 29.9 Å². The fourth-order valence-corrected chi connectivity index (χ4v) is 11.0. The minimum Gasteiger partial charge on any atom is -0.308 e. The Hall–Kier alpha value is -9.80. The van der Waals surface area contributed by atoms with Crippen LogP contribution >= 0.6 is 0 Å². The quantitative estimate of drug-likeness (QED) is 0.165. The van der Waals surface area contributed by atoms with Gasteiger partial charge in [0.25, 0.3) is 0 Å². The fourth-order valence-electron chi connectivity index (χ4n) is 11.0. The van der Waals surface area contributed by atoms with Crippen molar-refractivity contribution in [1.29, 1.82) is 0 Å². The standard InChI is InChI=1S/C60H36N10/c1-2-14-37(15-3-1)58-64-59(66-60(65-58)70-50-24-12-7-16-39(50)40-17-8-13-25-51(40)70)57-52(68-48-22-10-5-19-42(48)45-27-30-62-35-55(45)68)32-38(67-47-21-9-4-18-41(47)44-26-29-61-34-54(44)67)33-53(57)69-49-23-11-6-20-43(49)46-28-31-63-36-56(46)69/h1-36H. The van der Waals surface area contributed by atoms with Crippen molar-refractivity contribution in [3.63, 3.8) is 0 Å². The second kappa shape index (κ2) is 14.9. The molecule has 0 fully saturated rings. The van der Waals surface area contributed by atoms with Crippen molar-refractivity contribution >= 4 is 87.2 Å². The van der Waals surface area contributed by atoms with Crippen LogP contribution in [-0.4, -0.2) is 48.2 Å². The molecule has 0 aliphatic heterocycles. The first-order valence-corrected chi connectivity index (χ1v) is 23.3. The van der Waals surface area contributed by atoms with E-state index in [0.29, 0.717) is 17.6 Å². The van der Waals surface area contributed by atoms with Crippen LogP contribution in [0.25, 0.3) is 133 Å². The Kier molecular flexibility index (Phi) is 8.13. The van der Waals surface area contributed by atoms with Crippen molar-refractivity contribution in [2.75, 3.05) is 0 Å². The Bertz CT molecular complexity index is 4270. The van der Waals surface area contributed by atoms with Crippen LogP contribution in [0.5, 0.6) is 0 Å². The number of pyridine rings is 3. The second-order valence-electron chi connectivity index (χ2n) is 17.6. The molecule has 0 aliphatic rings. The van der Waals surface area contributed by atoms with Crippen molar-refractivity contribution in [1.82, 2.24) is 48.2 Å². The summed E-state index contributed by atoms with van der Waals surface area (Å²) in [6.45, 7) is 0. The van der Waals surface area contributed by atoms with Crippen LogP contribution in [-0.2, 0) is 0 Å². The number of benzene rings is 7. The molecule has 0 aliphatic carbocycles. The van der Waals surface area contributed by atoms with E-state index in [0.717, 1.165) is 115 Å². The molecule has 15 aromatic rings. The second-order valence-corrected chi connectivity index (χ2v) is 17.6. The number of hydrogen-bond donors (Lipinski definition) is 0. The first-order valence-electron chi connectivity index (χ1n) is 23.3. The molecule has 0 saturated carbocycles. The summed E-state index contributed by atoms with van der Waals surface area (Å²) in [7, 11) is 0. The Morgan fingerprint density at radius 2 is 0.643 bits per heavy atom. The molecule has 15 rings (SSSR count). The van der Waals surface area contributed by atoms with E-state index in [1.54, 1.807) is 0 Å². The summed E-state index contributed by atoms with van der Waals surface area (Å²) in [4.78, 5) is 30.9. The highest BCUT2D eigenvalue weighted by Crippen LogP contribution is 2.44. The van der Waals surface area contributed by atoms with E-state index < -0.39 is 0 Å². The highest BCUT2D eigenvalue weighted by molar-refractivity contribution is 6.13. The zero-order valence-electron chi connectivity index (χ0n) is 37.3. The lowest BCUT2D eigenvalue weighted by atomic mass is 10.1. The van der Waals surface area contributed by atoms with Crippen molar-refractivity contribution in [3.05, 3.63) is 219 Å². The molecule has 8 heterocycles. The molecule has 0 bridgehead atoms. The van der Waals surface area contributed by atoms with E-state index in [9.17, 15) is 0 Å². The molecule has 0 amide bonds. The van der Waals surface area contributed by atoms with E-state index >= 15 is 0 Å². The van der Waals surface area contributed by atoms with Gasteiger partial charge in [-0.05, 0) is 60.7 Å². The van der Waals surface area contributed by atoms with Gasteiger partial charge in [-0.1, -0.05) is 121 Å². The molecular weight excluding hydrogens is 861 g/mol. The van der Waals surface area contributed by atoms with Gasteiger partial charge in [-0.2, -0.15) is 9.97 Å². The zero-order valence-corrected chi connectivity index (χ0v) is 37.3. The Balaban J connectivity index is 1.18. The van der Waals surface area contributed by atoms with Gasteiger partial charge in [-0.25, -0.2) is 4.98 Å². The first-order chi connectivity index (χ1) is 34.8. The maximum atomic E-state index is 5.69. The number of aromatic nitrogens is 10. The minimum atomic E-state index is 0.496. The van der Waals surface area contributed by atoms with Crippen molar-refractivity contribution in [2.24, 2.45) is 0 Å². The van der Waals surface area contributed by atoms with Crippen LogP contribution in [0.3, 0.4) is 0 Å². The van der Waals surface area contributed by atoms with Gasteiger partial charge < -0.3 is 13.7 Å². The topological polar surface area (TPSA) is 97.1 Å². The first kappa shape index (κ1) is 38.3. The monoisotopic (exact) mass is 896 g/mol. The number of hydrogen-bond acceptors (Lipinski definition) is 6. The van der Waals surface area contributed by atoms with Gasteiger partial charge in [-0.15, -0.1) is 0 Å². The highest BCUT2D eigenvalue weighted by Gasteiger charge is 2.28. The van der Waals surface area contributed by atoms with Gasteiger partial charge in [-0.3, -0.25) is 19.5 Å². The van der Waals surface area contributed by atoms with Gasteiger partial charge in [0.05, 0.1) is 85.3 Å². The van der Waals surface area contributed by atoms with Gasteiger partial charge in [0.1, 0.15) is 0 Å². The molecule has 10 nitrogen and oxygen atoms in total. The van der Waals surface area contributed by atoms with Crippen LogP contribution in [0.15, 0.2) is 219 Å². The number of fused-ring (bicyclic) bond motifs is 12. The molecule has 0 saturated heterocycles. The van der Waals surface area contributed by atoms with Crippen LogP contribution in [0.1, 0.15) is 0 Å². The van der Waals surface area contributed by atoms with E-state index in [1.165, 1.54) is 0 Å². The summed E-state index contributed by atoms with van der Waals surface area (Å²) in [5.74, 6) is 1.55. The molecule has 8 aromatic heterocycles. The van der Waals surface area contributed by atoms with Crippen LogP contribution in [0.2, 0.25) is 0 Å². The van der Waals surface area contributed by atoms with E-state index in [2.05, 4.69) is 182 Å². The minimum absolute atomic E-state index is 0.496. The zero-order chi connectivity index (χ0) is 45.9. The van der Waals surface area contributed by atoms with Crippen molar-refractivity contribution < 1.29 is 0 Å². The lowest BCUT2D eigenvalue weighted by Gasteiger charge is -2.22. The summed E-state index contributed by atoms with van der Waals surface area (Å²) in [5.41, 5.74) is 12.3. The molecule has 0 N–H and O–H groups in total. The smallest absolute Gasteiger partial charge is 0.238 e. The number of para-hydroxylation sites is 5. The van der Waals surface area contributed by atoms with E-state index in [1.807, 2.05) is 55.4 Å². The van der Waals surface area contributed by atoms with Crippen molar-refractivity contribution in [3.8, 4) is 45.8 Å². The molecule has 0 spiro atoms. The fraction of sp³-hybridized carbons (Fsp3) is 0. The maximum absolute atomic E-state index is 5.69. The molecule has 0 radical (unpaired) electrons. The third kappa shape index (κ3) is 5.49. The summed E-state index contributed by atoms with van der Waals surface area (Å²) < 4.78 is 9.18. The Morgan fingerprint density at radius 3 is 1.10 bits per heavy atom. The van der Waals surface area contributed by atoms with Crippen molar-refractivity contribution in [2.45, 2.75) is 0 Å². The Labute approximate surface area is 398 Å². The van der Waals surface area contributed by atoms with E-state index in [-0.39, 0.29) is 0 Å². The Morgan fingerprint density at radius 1 is 0.286 bits per heavy atom. The lowest BCUT2D eigenvalue weighted by molar-refractivity contribution is 0.949. The average Bonchev–Trinajstić information content (AvgIpc) is 4.16. The average molecular weight is 897 g/mol. The molecule has 0 atom stereocenters. The van der Waals surface area contributed by atoms with Crippen LogP contribution in [0.4, 0.5) is 0 Å². The maximum Gasteiger partial charge on any atom is 0.238 e. The summed E-state index contributed by atoms with van der Waals surface area (Å²) in [6.07, 6.45) is 11.5. The van der Waals surface area contributed by atoms with Gasteiger partial charge in [0, 0.05) is 67.2 Å². The van der Waals surface area contributed by atoms with Crippen LogP contribution in [0, 0.1) is 0 Å². The summed E-state index contributed by atoms with van der Waals surface area (Å²) >= 11 is 0. The summed E-state index contributed by atoms with van der Waals surface area (Å²) in [5, 5.41) is 8.84. The predicted octanol–water partition coefficient (Wildman–Crippen LogP) is 13.8. The van der Waals surface area contributed by atoms with Gasteiger partial charge in [0.15, 0.2) is 11.6 Å². The molecule has 326 valence electrons. The normalized spacial score (nSPS) is 12.0. The number of nitrogens with zero attached hydrogens (tertiary/aromatic N) is 10. The third-order valence-corrected chi connectivity index (χ3v) is 13.9. The lowest BCUT2D eigenvalue weighted by Crippen LogP contribution is -2.11. The molecule has 10 heteroatoms. The largest absolute Gasteiger partial charge is 0.308 e. The molecule has 7 aromatic carbocycles. The van der Waals surface area contributed by atoms with Gasteiger partial charge in [0.2, 0.25) is 5.95 Å². The molecule has 70 heavy (non-hydrogen) atoms. The van der Waals surface area contributed by atoms with Gasteiger partial charge >= 0.3 is 0 Å². The predicted molar refractivity (Wildman–Crippen MR) is 281 cm³/mol. The molecular formula is C60H36N10. The SMILES string of the molecule is c1ccc(-c2nc(-c3c(-n4c5ccccc5c5ccncc54)cc(-n4c5ccccc5c5ccncc54)cc3-n3c4ccccc4c4ccncc43)nc(-n3c4ccccc4c4ccccc43)n2)cc1. The summed E-state index contributed by atoms with van der Waals surface area (Å²) in [6, 6.07) is 63.7. The molecule has 0 unspecified atom stereocenters. The highest BCUT2D eigenvalue weighted by atomic mass is 15.2. The third-order valence-electron chi connectivity index (χ3n) is 13.9.